The Morgan fingerprint density at radius 2 is 2.32 bits per heavy atom. The van der Waals surface area contributed by atoms with Crippen molar-refractivity contribution in [2.24, 2.45) is 11.8 Å². The molecule has 3 nitrogen and oxygen atoms in total. The average molecular weight is 307 g/mol. The van der Waals surface area contributed by atoms with Crippen molar-refractivity contribution in [3.63, 3.8) is 0 Å². The molecule has 3 atom stereocenters. The van der Waals surface area contributed by atoms with Gasteiger partial charge < -0.3 is 10.2 Å². The highest BCUT2D eigenvalue weighted by atomic mass is 35.5. The number of hydrogen-bond acceptors (Lipinski definition) is 3. The molecule has 2 fully saturated rings. The van der Waals surface area contributed by atoms with Gasteiger partial charge in [-0.25, -0.2) is 0 Å². The van der Waals surface area contributed by atoms with Crippen LogP contribution in [0.2, 0.25) is 0 Å². The van der Waals surface area contributed by atoms with Crippen molar-refractivity contribution < 1.29 is 4.79 Å². The van der Waals surface area contributed by atoms with Crippen LogP contribution in [-0.4, -0.2) is 48.0 Å². The number of halogens is 1. The number of piperidine rings is 1. The van der Waals surface area contributed by atoms with Crippen LogP contribution in [0.25, 0.3) is 0 Å². The molecule has 2 aliphatic rings. The topological polar surface area (TPSA) is 32.3 Å². The first-order valence-electron chi connectivity index (χ1n) is 7.26. The Kier molecular flexibility index (Phi) is 7.55. The molecule has 0 saturated carbocycles. The molecular weight excluding hydrogens is 280 g/mol. The minimum atomic E-state index is 0. The Hall–Kier alpha value is 0.0700. The fourth-order valence-corrected chi connectivity index (χ4v) is 4.04. The van der Waals surface area contributed by atoms with Crippen LogP contribution in [0.1, 0.15) is 33.1 Å². The van der Waals surface area contributed by atoms with E-state index in [4.69, 9.17) is 0 Å². The largest absolute Gasteiger partial charge is 0.338 e. The predicted octanol–water partition coefficient (Wildman–Crippen LogP) is 2.40. The van der Waals surface area contributed by atoms with Gasteiger partial charge in [0.1, 0.15) is 0 Å². The van der Waals surface area contributed by atoms with E-state index in [2.05, 4.69) is 24.1 Å². The van der Waals surface area contributed by atoms with Crippen molar-refractivity contribution in [3.05, 3.63) is 0 Å². The monoisotopic (exact) mass is 306 g/mol. The van der Waals surface area contributed by atoms with Crippen molar-refractivity contribution in [2.45, 2.75) is 39.2 Å². The molecule has 2 heterocycles. The summed E-state index contributed by atoms with van der Waals surface area (Å²) in [6, 6.07) is 0.424. The second-order valence-corrected chi connectivity index (χ2v) is 6.95. The maximum absolute atomic E-state index is 12.4. The molecule has 0 spiro atoms. The maximum Gasteiger partial charge on any atom is 0.223 e. The quantitative estimate of drug-likeness (QED) is 0.869. The minimum absolute atomic E-state index is 0. The fourth-order valence-electron chi connectivity index (χ4n) is 3.02. The number of carbonyl (C=O) groups is 1. The summed E-state index contributed by atoms with van der Waals surface area (Å²) in [4.78, 5) is 14.5. The summed E-state index contributed by atoms with van der Waals surface area (Å²) >= 11 is 1.97. The summed E-state index contributed by atoms with van der Waals surface area (Å²) in [5.41, 5.74) is 0. The standard InChI is InChI=1S/C14H26N2OS.ClH/c1-11(13-4-3-5-15-9-13)8-14(17)16-6-7-18-10-12(16)2;/h11-13,15H,3-10H2,1-2H3;1H. The van der Waals surface area contributed by atoms with Crippen molar-refractivity contribution in [3.8, 4) is 0 Å². The summed E-state index contributed by atoms with van der Waals surface area (Å²) in [7, 11) is 0. The van der Waals surface area contributed by atoms with Crippen LogP contribution >= 0.6 is 24.2 Å². The smallest absolute Gasteiger partial charge is 0.223 e. The van der Waals surface area contributed by atoms with Gasteiger partial charge in [0.25, 0.3) is 0 Å². The number of hydrogen-bond donors (Lipinski definition) is 1. The van der Waals surface area contributed by atoms with Crippen LogP contribution in [0.15, 0.2) is 0 Å². The molecule has 0 aromatic rings. The summed E-state index contributed by atoms with van der Waals surface area (Å²) in [6.07, 6.45) is 3.29. The molecule has 2 saturated heterocycles. The SMILES string of the molecule is CC(CC(=O)N1CCSCC1C)C1CCCNC1.Cl. The zero-order valence-corrected chi connectivity index (χ0v) is 13.7. The highest BCUT2D eigenvalue weighted by molar-refractivity contribution is 7.99. The molecule has 112 valence electrons. The van der Waals surface area contributed by atoms with Crippen LogP contribution in [0.4, 0.5) is 0 Å². The lowest BCUT2D eigenvalue weighted by Crippen LogP contribution is -2.45. The van der Waals surface area contributed by atoms with Crippen LogP contribution in [0.3, 0.4) is 0 Å². The molecule has 1 amide bonds. The van der Waals surface area contributed by atoms with Gasteiger partial charge in [0.05, 0.1) is 0 Å². The Balaban J connectivity index is 0.00000180. The fraction of sp³-hybridized carbons (Fsp3) is 0.929. The lowest BCUT2D eigenvalue weighted by molar-refractivity contribution is -0.134. The average Bonchev–Trinajstić information content (AvgIpc) is 2.40. The van der Waals surface area contributed by atoms with E-state index in [0.717, 1.165) is 37.6 Å². The highest BCUT2D eigenvalue weighted by Crippen LogP contribution is 2.25. The molecular formula is C14H27ClN2OS. The van der Waals surface area contributed by atoms with Gasteiger partial charge in [-0.15, -0.1) is 12.4 Å². The van der Waals surface area contributed by atoms with Crippen molar-refractivity contribution in [1.82, 2.24) is 10.2 Å². The van der Waals surface area contributed by atoms with Gasteiger partial charge in [-0.3, -0.25) is 4.79 Å². The van der Waals surface area contributed by atoms with Gasteiger partial charge in [0.2, 0.25) is 5.91 Å². The molecule has 1 N–H and O–H groups in total. The molecule has 0 aliphatic carbocycles. The third-order valence-electron chi connectivity index (χ3n) is 4.32. The van der Waals surface area contributed by atoms with E-state index in [0.29, 0.717) is 23.8 Å². The highest BCUT2D eigenvalue weighted by Gasteiger charge is 2.27. The number of nitrogens with zero attached hydrogens (tertiary/aromatic N) is 1. The van der Waals surface area contributed by atoms with E-state index >= 15 is 0 Å². The number of amides is 1. The normalized spacial score (nSPS) is 29.5. The summed E-state index contributed by atoms with van der Waals surface area (Å²) < 4.78 is 0. The van der Waals surface area contributed by atoms with Crippen molar-refractivity contribution in [1.29, 1.82) is 0 Å². The van der Waals surface area contributed by atoms with Crippen LogP contribution < -0.4 is 5.32 Å². The maximum atomic E-state index is 12.4. The Bertz CT molecular complexity index is 285. The third-order valence-corrected chi connectivity index (χ3v) is 5.51. The Labute approximate surface area is 127 Å². The van der Waals surface area contributed by atoms with Crippen molar-refractivity contribution >= 4 is 30.1 Å². The molecule has 0 aromatic heterocycles. The molecule has 2 rings (SSSR count). The Morgan fingerprint density at radius 1 is 1.53 bits per heavy atom. The first-order valence-corrected chi connectivity index (χ1v) is 8.42. The zero-order chi connectivity index (χ0) is 13.0. The van der Waals surface area contributed by atoms with Crippen LogP contribution in [0, 0.1) is 11.8 Å². The molecule has 2 aliphatic heterocycles. The predicted molar refractivity (Wildman–Crippen MR) is 85.1 cm³/mol. The molecule has 3 unspecified atom stereocenters. The molecule has 0 radical (unpaired) electrons. The first-order chi connectivity index (χ1) is 8.68. The lowest BCUT2D eigenvalue weighted by Gasteiger charge is -2.35. The third kappa shape index (κ3) is 4.83. The van der Waals surface area contributed by atoms with Gasteiger partial charge in [-0.2, -0.15) is 11.8 Å². The van der Waals surface area contributed by atoms with Crippen molar-refractivity contribution in [2.75, 3.05) is 31.1 Å². The van der Waals surface area contributed by atoms with Gasteiger partial charge in [-0.1, -0.05) is 6.92 Å². The number of carbonyl (C=O) groups excluding carboxylic acids is 1. The first kappa shape index (κ1) is 17.1. The van der Waals surface area contributed by atoms with E-state index < -0.39 is 0 Å². The number of rotatable bonds is 3. The van der Waals surface area contributed by atoms with Crippen LogP contribution in [-0.2, 0) is 4.79 Å². The van der Waals surface area contributed by atoms with Gasteiger partial charge in [0.15, 0.2) is 0 Å². The summed E-state index contributed by atoms with van der Waals surface area (Å²) in [5.74, 6) is 3.80. The van der Waals surface area contributed by atoms with E-state index in [1.165, 1.54) is 12.8 Å². The number of thioether (sulfide) groups is 1. The number of nitrogens with one attached hydrogen (secondary N) is 1. The minimum Gasteiger partial charge on any atom is -0.338 e. The van der Waals surface area contributed by atoms with Crippen LogP contribution in [0.5, 0.6) is 0 Å². The molecule has 19 heavy (non-hydrogen) atoms. The zero-order valence-electron chi connectivity index (χ0n) is 12.1. The van der Waals surface area contributed by atoms with E-state index in [1.54, 1.807) is 0 Å². The molecule has 0 aromatic carbocycles. The summed E-state index contributed by atoms with van der Waals surface area (Å²) in [6.45, 7) is 7.62. The van der Waals surface area contributed by atoms with Gasteiger partial charge in [-0.05, 0) is 44.7 Å². The Morgan fingerprint density at radius 3 is 2.95 bits per heavy atom. The molecule has 0 bridgehead atoms. The van der Waals surface area contributed by atoms with Gasteiger partial charge >= 0.3 is 0 Å². The van der Waals surface area contributed by atoms with E-state index in [-0.39, 0.29) is 12.4 Å². The lowest BCUT2D eigenvalue weighted by atomic mass is 9.85. The van der Waals surface area contributed by atoms with Gasteiger partial charge in [0, 0.05) is 30.5 Å². The second kappa shape index (κ2) is 8.38. The molecule has 5 heteroatoms. The summed E-state index contributed by atoms with van der Waals surface area (Å²) in [5, 5.41) is 3.45. The second-order valence-electron chi connectivity index (χ2n) is 5.80. The van der Waals surface area contributed by atoms with E-state index in [1.807, 2.05) is 11.8 Å². The van der Waals surface area contributed by atoms with E-state index in [9.17, 15) is 4.79 Å².